The number of amides is 1. The molecule has 0 radical (unpaired) electrons. The van der Waals surface area contributed by atoms with Crippen molar-refractivity contribution in [2.24, 2.45) is 0 Å². The minimum absolute atomic E-state index is 0. The molecule has 0 aromatic heterocycles. The van der Waals surface area contributed by atoms with Crippen LogP contribution in [0.1, 0.15) is 40.0 Å². The largest absolute Gasteiger partial charge is 1.00 e. The predicted octanol–water partition coefficient (Wildman–Crippen LogP) is 0.380. The van der Waals surface area contributed by atoms with Crippen molar-refractivity contribution < 1.29 is 73.9 Å². The van der Waals surface area contributed by atoms with Crippen LogP contribution in [0, 0.1) is 0 Å². The van der Waals surface area contributed by atoms with E-state index in [4.69, 9.17) is 4.74 Å². The zero-order chi connectivity index (χ0) is 13.7. The van der Waals surface area contributed by atoms with E-state index in [0.717, 1.165) is 0 Å². The van der Waals surface area contributed by atoms with E-state index in [1.54, 1.807) is 20.8 Å². The summed E-state index contributed by atoms with van der Waals surface area (Å²) >= 11 is 0. The van der Waals surface area contributed by atoms with Gasteiger partial charge in [0.25, 0.3) is 0 Å². The normalized spacial score (nSPS) is 30.2. The van der Waals surface area contributed by atoms with Gasteiger partial charge in [-0.05, 0) is 33.6 Å². The molecule has 2 aliphatic heterocycles. The number of carbonyl (C=O) groups is 1. The summed E-state index contributed by atoms with van der Waals surface area (Å²) in [6.45, 7) is 0.274. The van der Waals surface area contributed by atoms with Gasteiger partial charge in [-0.25, -0.2) is 4.79 Å². The first kappa shape index (κ1) is 17.8. The molecule has 0 N–H and O–H groups in total. The van der Waals surface area contributed by atoms with E-state index in [-0.39, 0.29) is 63.8 Å². The molecule has 0 aromatic carbocycles. The van der Waals surface area contributed by atoms with E-state index in [9.17, 15) is 17.7 Å². The Bertz CT molecular complexity index is 359. The summed E-state index contributed by atoms with van der Waals surface area (Å²) in [6.07, 6.45) is 0.549. The van der Waals surface area contributed by atoms with Gasteiger partial charge in [-0.1, -0.05) is 12.2 Å². The van der Waals surface area contributed by atoms with Gasteiger partial charge >= 0.3 is 64.5 Å². The Kier molecular flexibility index (Phi) is 5.50. The number of nitrogens with zero attached hydrogens (tertiary/aromatic N) is 1. The number of rotatable bonds is 1. The molecule has 19 heavy (non-hydrogen) atoms. The Morgan fingerprint density at radius 3 is 2.26 bits per heavy atom. The summed E-state index contributed by atoms with van der Waals surface area (Å²) in [6, 6.07) is -0.997. The summed E-state index contributed by atoms with van der Waals surface area (Å²) in [5.74, 6) is -1.32. The first-order chi connectivity index (χ1) is 8.09. The number of carbonyl (C=O) groups excluding carboxylic acids is 1. The van der Waals surface area contributed by atoms with Gasteiger partial charge in [0.2, 0.25) is 0 Å². The predicted molar refractivity (Wildman–Crippen MR) is 62.3 cm³/mol. The first-order valence-electron chi connectivity index (χ1n) is 6.31. The van der Waals surface area contributed by atoms with Gasteiger partial charge in [0, 0.05) is 12.1 Å². The maximum Gasteiger partial charge on any atom is 1.00 e. The molecule has 3 atom stereocenters. The molecule has 2 rings (SSSR count). The molecule has 8 heteroatoms. The van der Waals surface area contributed by atoms with Gasteiger partial charge < -0.3 is 22.6 Å². The van der Waals surface area contributed by atoms with E-state index in [1.807, 2.05) is 0 Å². The van der Waals surface area contributed by atoms with Crippen LogP contribution in [0.2, 0.25) is 5.82 Å². The number of hydrogen-bond acceptors (Lipinski definition) is 2. The quantitative estimate of drug-likeness (QED) is 0.656. The van der Waals surface area contributed by atoms with Crippen LogP contribution in [0.4, 0.5) is 17.7 Å². The standard InChI is InChI=1S/C11H18BF3NO2.K/c1-11(2,3)18-10(17)16-7-4-5-9(16)8(6-7)12(13,14)15;/h7-9H,4-6H2,1-3H3;/q-1;+1. The number of fused-ring (bicyclic) bond motifs is 2. The van der Waals surface area contributed by atoms with Crippen LogP contribution in [-0.4, -0.2) is 35.7 Å². The topological polar surface area (TPSA) is 29.5 Å². The average Bonchev–Trinajstić information content (AvgIpc) is 2.69. The van der Waals surface area contributed by atoms with Crippen molar-refractivity contribution in [2.45, 2.75) is 63.5 Å². The van der Waals surface area contributed by atoms with Crippen molar-refractivity contribution in [1.29, 1.82) is 0 Å². The van der Waals surface area contributed by atoms with Crippen LogP contribution in [0.15, 0.2) is 0 Å². The zero-order valence-corrected chi connectivity index (χ0v) is 15.0. The number of halogens is 3. The van der Waals surface area contributed by atoms with E-state index >= 15 is 0 Å². The minimum Gasteiger partial charge on any atom is -0.449 e. The summed E-state index contributed by atoms with van der Waals surface area (Å²) in [7, 11) is 0. The average molecular weight is 303 g/mol. The van der Waals surface area contributed by atoms with Crippen molar-refractivity contribution in [2.75, 3.05) is 0 Å². The van der Waals surface area contributed by atoms with Crippen molar-refractivity contribution in [3.05, 3.63) is 0 Å². The second-order valence-electron chi connectivity index (χ2n) is 6.21. The third-order valence-corrected chi connectivity index (χ3v) is 3.67. The molecule has 3 nitrogen and oxygen atoms in total. The van der Waals surface area contributed by atoms with Gasteiger partial charge in [0.1, 0.15) is 5.60 Å². The van der Waals surface area contributed by atoms with Gasteiger partial charge in [0.15, 0.2) is 0 Å². The molecular formula is C11H18BF3KNO2. The molecule has 2 fully saturated rings. The van der Waals surface area contributed by atoms with Crippen LogP contribution in [-0.2, 0) is 4.74 Å². The first-order valence-corrected chi connectivity index (χ1v) is 6.31. The van der Waals surface area contributed by atoms with E-state index in [0.29, 0.717) is 12.8 Å². The molecule has 0 saturated carbocycles. The van der Waals surface area contributed by atoms with Crippen LogP contribution >= 0.6 is 0 Å². The van der Waals surface area contributed by atoms with Crippen molar-refractivity contribution in [1.82, 2.24) is 4.90 Å². The Morgan fingerprint density at radius 1 is 1.26 bits per heavy atom. The van der Waals surface area contributed by atoms with E-state index in [1.165, 1.54) is 4.90 Å². The van der Waals surface area contributed by atoms with Crippen LogP contribution in [0.3, 0.4) is 0 Å². The maximum absolute atomic E-state index is 12.9. The van der Waals surface area contributed by atoms with Gasteiger partial charge in [-0.3, -0.25) is 0 Å². The van der Waals surface area contributed by atoms with Crippen LogP contribution in [0.25, 0.3) is 0 Å². The fourth-order valence-corrected chi connectivity index (χ4v) is 3.04. The van der Waals surface area contributed by atoms with Crippen molar-refractivity contribution in [3.63, 3.8) is 0 Å². The van der Waals surface area contributed by atoms with E-state index in [2.05, 4.69) is 0 Å². The molecule has 0 aromatic rings. The van der Waals surface area contributed by atoms with Crippen LogP contribution in [0.5, 0.6) is 0 Å². The molecule has 0 spiro atoms. The second kappa shape index (κ2) is 5.87. The fourth-order valence-electron chi connectivity index (χ4n) is 3.04. The van der Waals surface area contributed by atoms with Gasteiger partial charge in [-0.2, -0.15) is 0 Å². The number of ether oxygens (including phenoxy) is 1. The third kappa shape index (κ3) is 3.90. The SMILES string of the molecule is CC(C)(C)OC(=O)N1C2CCC1C([B-](F)(F)F)C2.[K+]. The molecule has 1 amide bonds. The molecule has 3 unspecified atom stereocenters. The van der Waals surface area contributed by atoms with Crippen molar-refractivity contribution >= 4 is 13.1 Å². The molecular weight excluding hydrogens is 285 g/mol. The zero-order valence-electron chi connectivity index (χ0n) is 11.8. The molecule has 2 saturated heterocycles. The van der Waals surface area contributed by atoms with Gasteiger partial charge in [0.05, 0.1) is 0 Å². The van der Waals surface area contributed by atoms with Crippen molar-refractivity contribution in [3.8, 4) is 0 Å². The Labute approximate surface area is 154 Å². The van der Waals surface area contributed by atoms with Crippen LogP contribution < -0.4 is 51.4 Å². The molecule has 104 valence electrons. The van der Waals surface area contributed by atoms with Gasteiger partial charge in [-0.15, -0.1) is 0 Å². The Morgan fingerprint density at radius 2 is 1.84 bits per heavy atom. The Hall–Kier alpha value is 0.761. The molecule has 2 aliphatic rings. The summed E-state index contributed by atoms with van der Waals surface area (Å²) in [4.78, 5) is 13.3. The molecule has 2 bridgehead atoms. The second-order valence-corrected chi connectivity index (χ2v) is 6.21. The van der Waals surface area contributed by atoms with E-state index < -0.39 is 30.5 Å². The maximum atomic E-state index is 12.9. The fraction of sp³-hybridized carbons (Fsp3) is 0.909. The summed E-state index contributed by atoms with van der Waals surface area (Å²) < 4.78 is 43.8. The third-order valence-electron chi connectivity index (χ3n) is 3.67. The monoisotopic (exact) mass is 303 g/mol. The minimum atomic E-state index is -4.88. The summed E-state index contributed by atoms with van der Waals surface area (Å²) in [5, 5.41) is 0. The Balaban J connectivity index is 0.00000180. The summed E-state index contributed by atoms with van der Waals surface area (Å²) in [5.41, 5.74) is -0.669. The smallest absolute Gasteiger partial charge is 0.449 e. The molecule has 0 aliphatic carbocycles. The number of hydrogen-bond donors (Lipinski definition) is 0. The molecule has 2 heterocycles.